The molecule has 2 aromatic rings. The summed E-state index contributed by atoms with van der Waals surface area (Å²) in [5, 5.41) is 35.0. The first-order valence-corrected chi connectivity index (χ1v) is 8.61. The van der Waals surface area contributed by atoms with Gasteiger partial charge in [0.2, 0.25) is 0 Å². The lowest BCUT2D eigenvalue weighted by molar-refractivity contribution is 0.0712. The van der Waals surface area contributed by atoms with Gasteiger partial charge in [-0.05, 0) is 74.1 Å². The summed E-state index contributed by atoms with van der Waals surface area (Å²) in [5.41, 5.74) is 2.90. The van der Waals surface area contributed by atoms with E-state index in [0.29, 0.717) is 35.1 Å². The molecular formula is C19H24O3S. The summed E-state index contributed by atoms with van der Waals surface area (Å²) in [6, 6.07) is 2.00. The summed E-state index contributed by atoms with van der Waals surface area (Å²) >= 11 is 1.61. The molecule has 1 aromatic heterocycles. The molecule has 124 valence electrons. The Labute approximate surface area is 141 Å². The zero-order valence-corrected chi connectivity index (χ0v) is 14.9. The molecule has 0 aliphatic heterocycles. The average Bonchev–Trinajstić information content (AvgIpc) is 2.98. The Morgan fingerprint density at radius 2 is 1.74 bits per heavy atom. The number of aliphatic hydroxyl groups is 1. The predicted octanol–water partition coefficient (Wildman–Crippen LogP) is 4.65. The number of aromatic hydroxyl groups is 2. The van der Waals surface area contributed by atoms with Crippen molar-refractivity contribution in [3.8, 4) is 11.5 Å². The number of hydrogen-bond donors (Lipinski definition) is 3. The molecule has 0 bridgehead atoms. The highest BCUT2D eigenvalue weighted by Crippen LogP contribution is 2.39. The molecule has 0 aliphatic rings. The summed E-state index contributed by atoms with van der Waals surface area (Å²) in [7, 11) is 0. The zero-order valence-electron chi connectivity index (χ0n) is 14.1. The second-order valence-corrected chi connectivity index (χ2v) is 7.32. The molecule has 0 radical (unpaired) electrons. The van der Waals surface area contributed by atoms with Gasteiger partial charge in [0, 0.05) is 11.1 Å². The second kappa shape index (κ2) is 6.77. The summed E-state index contributed by atoms with van der Waals surface area (Å²) in [6.45, 7) is 7.08. The molecule has 1 heterocycles. The van der Waals surface area contributed by atoms with Crippen LogP contribution in [0.5, 0.6) is 11.5 Å². The minimum atomic E-state index is -0.824. The molecule has 4 heteroatoms. The van der Waals surface area contributed by atoms with Crippen LogP contribution >= 0.6 is 11.3 Å². The van der Waals surface area contributed by atoms with E-state index >= 15 is 0 Å². The van der Waals surface area contributed by atoms with Crippen LogP contribution in [-0.4, -0.2) is 20.9 Å². The minimum Gasteiger partial charge on any atom is -0.507 e. The van der Waals surface area contributed by atoms with Crippen molar-refractivity contribution in [1.82, 2.24) is 0 Å². The van der Waals surface area contributed by atoms with Gasteiger partial charge in [-0.3, -0.25) is 0 Å². The van der Waals surface area contributed by atoms with Gasteiger partial charge in [0.1, 0.15) is 11.5 Å². The maximum absolute atomic E-state index is 10.5. The molecule has 23 heavy (non-hydrogen) atoms. The molecule has 1 aromatic carbocycles. The summed E-state index contributed by atoms with van der Waals surface area (Å²) < 4.78 is 0. The maximum Gasteiger partial charge on any atom is 0.126 e. The van der Waals surface area contributed by atoms with Gasteiger partial charge in [-0.25, -0.2) is 0 Å². The van der Waals surface area contributed by atoms with Gasteiger partial charge in [0.05, 0.1) is 5.60 Å². The Kier molecular flexibility index (Phi) is 5.17. The molecule has 0 aliphatic carbocycles. The van der Waals surface area contributed by atoms with Crippen molar-refractivity contribution < 1.29 is 15.3 Å². The maximum atomic E-state index is 10.5. The lowest BCUT2D eigenvalue weighted by Gasteiger charge is -2.20. The minimum absolute atomic E-state index is 0.192. The normalized spacial score (nSPS) is 12.2. The Morgan fingerprint density at radius 1 is 1.09 bits per heavy atom. The molecule has 2 rings (SSSR count). The van der Waals surface area contributed by atoms with Crippen LogP contribution < -0.4 is 0 Å². The molecule has 0 saturated heterocycles. The van der Waals surface area contributed by atoms with Crippen LogP contribution in [0.15, 0.2) is 16.8 Å². The van der Waals surface area contributed by atoms with E-state index in [1.807, 2.05) is 29.0 Å². The summed E-state index contributed by atoms with van der Waals surface area (Å²) in [4.78, 5) is 0. The molecule has 0 saturated carbocycles. The highest BCUT2D eigenvalue weighted by Gasteiger charge is 2.20. The van der Waals surface area contributed by atoms with Gasteiger partial charge in [0.15, 0.2) is 0 Å². The fourth-order valence-electron chi connectivity index (χ4n) is 2.47. The van der Waals surface area contributed by atoms with Crippen LogP contribution in [0.4, 0.5) is 0 Å². The molecule has 0 atom stereocenters. The highest BCUT2D eigenvalue weighted by atomic mass is 32.1. The lowest BCUT2D eigenvalue weighted by Crippen LogP contribution is -2.19. The van der Waals surface area contributed by atoms with Gasteiger partial charge in [-0.2, -0.15) is 11.3 Å². The molecule has 0 fully saturated rings. The molecule has 3 nitrogen and oxygen atoms in total. The molecule has 0 unspecified atom stereocenters. The smallest absolute Gasteiger partial charge is 0.126 e. The van der Waals surface area contributed by atoms with Crippen LogP contribution in [-0.2, 0) is 6.42 Å². The number of thiophene rings is 1. The first-order valence-electron chi connectivity index (χ1n) is 7.67. The standard InChI is InChI=1S/C19H24O3S/c1-12-13(2)18(21)16(7-9-19(3,4)22)15(17(12)20)6-5-14-8-10-23-11-14/h5-6,8,10-11,20-22H,7,9H2,1-4H3. The average molecular weight is 332 g/mol. The van der Waals surface area contributed by atoms with E-state index in [1.165, 1.54) is 0 Å². The highest BCUT2D eigenvalue weighted by molar-refractivity contribution is 7.08. The van der Waals surface area contributed by atoms with Crippen molar-refractivity contribution in [3.63, 3.8) is 0 Å². The summed E-state index contributed by atoms with van der Waals surface area (Å²) in [6.07, 6.45) is 4.76. The van der Waals surface area contributed by atoms with Gasteiger partial charge < -0.3 is 15.3 Å². The molecule has 0 amide bonds. The van der Waals surface area contributed by atoms with Crippen LogP contribution in [0.1, 0.15) is 48.1 Å². The number of hydrogen-bond acceptors (Lipinski definition) is 4. The van der Waals surface area contributed by atoms with Gasteiger partial charge in [-0.15, -0.1) is 0 Å². The summed E-state index contributed by atoms with van der Waals surface area (Å²) in [5.74, 6) is 0.395. The zero-order chi connectivity index (χ0) is 17.2. The Morgan fingerprint density at radius 3 is 2.30 bits per heavy atom. The molecular weight excluding hydrogens is 308 g/mol. The third-order valence-corrected chi connectivity index (χ3v) is 4.81. The quantitative estimate of drug-likeness (QED) is 0.698. The van der Waals surface area contributed by atoms with Crippen molar-refractivity contribution in [2.75, 3.05) is 0 Å². The first kappa shape index (κ1) is 17.6. The van der Waals surface area contributed by atoms with Crippen LogP contribution in [0.3, 0.4) is 0 Å². The van der Waals surface area contributed by atoms with E-state index in [1.54, 1.807) is 39.0 Å². The Hall–Kier alpha value is -1.78. The monoisotopic (exact) mass is 332 g/mol. The number of phenolic OH excluding ortho intramolecular Hbond substituents is 2. The van der Waals surface area contributed by atoms with E-state index in [4.69, 9.17) is 0 Å². The van der Waals surface area contributed by atoms with E-state index in [0.717, 1.165) is 5.56 Å². The Balaban J connectivity index is 2.49. The van der Waals surface area contributed by atoms with Crippen LogP contribution in [0.25, 0.3) is 12.2 Å². The van der Waals surface area contributed by atoms with E-state index in [-0.39, 0.29) is 11.5 Å². The van der Waals surface area contributed by atoms with Crippen molar-refractivity contribution in [1.29, 1.82) is 0 Å². The molecule has 0 spiro atoms. The SMILES string of the molecule is Cc1c(C)c(O)c(CCC(C)(C)O)c(C=Cc2ccsc2)c1O. The third kappa shape index (κ3) is 4.15. The largest absolute Gasteiger partial charge is 0.507 e. The fraction of sp³-hybridized carbons (Fsp3) is 0.368. The Bertz CT molecular complexity index is 707. The van der Waals surface area contributed by atoms with Gasteiger partial charge in [0.25, 0.3) is 0 Å². The predicted molar refractivity (Wildman–Crippen MR) is 97.1 cm³/mol. The van der Waals surface area contributed by atoms with Crippen molar-refractivity contribution in [3.05, 3.63) is 44.6 Å². The van der Waals surface area contributed by atoms with E-state index in [9.17, 15) is 15.3 Å². The van der Waals surface area contributed by atoms with Crippen LogP contribution in [0.2, 0.25) is 0 Å². The van der Waals surface area contributed by atoms with Crippen LogP contribution in [0, 0.1) is 13.8 Å². The number of benzene rings is 1. The van der Waals surface area contributed by atoms with E-state index in [2.05, 4.69) is 0 Å². The molecule has 3 N–H and O–H groups in total. The van der Waals surface area contributed by atoms with Gasteiger partial charge in [-0.1, -0.05) is 12.2 Å². The number of rotatable bonds is 5. The fourth-order valence-corrected chi connectivity index (χ4v) is 3.10. The lowest BCUT2D eigenvalue weighted by atomic mass is 9.90. The van der Waals surface area contributed by atoms with Gasteiger partial charge >= 0.3 is 0 Å². The second-order valence-electron chi connectivity index (χ2n) is 6.54. The van der Waals surface area contributed by atoms with Crippen molar-refractivity contribution in [2.24, 2.45) is 0 Å². The third-order valence-electron chi connectivity index (χ3n) is 4.11. The van der Waals surface area contributed by atoms with E-state index < -0.39 is 5.60 Å². The first-order chi connectivity index (χ1) is 10.7. The van der Waals surface area contributed by atoms with Crippen molar-refractivity contribution >= 4 is 23.5 Å². The van der Waals surface area contributed by atoms with Crippen molar-refractivity contribution in [2.45, 2.75) is 46.1 Å². The topological polar surface area (TPSA) is 60.7 Å². The number of phenols is 2.